The minimum atomic E-state index is -0.343. The number of ether oxygens (including phenoxy) is 3. The zero-order chi connectivity index (χ0) is 19.5. The molecule has 2 atom stereocenters. The van der Waals surface area contributed by atoms with E-state index in [1.165, 1.54) is 19.3 Å². The summed E-state index contributed by atoms with van der Waals surface area (Å²) in [6.07, 6.45) is 7.44. The first kappa shape index (κ1) is 21.7. The Kier molecular flexibility index (Phi) is 9.64. The Morgan fingerprint density at radius 2 is 1.96 bits per heavy atom. The molecule has 0 aliphatic heterocycles. The molecule has 1 fully saturated rings. The van der Waals surface area contributed by atoms with Crippen molar-refractivity contribution >= 4 is 6.09 Å². The first-order valence-corrected chi connectivity index (χ1v) is 10.3. The molecule has 1 aliphatic carbocycles. The Labute approximate surface area is 163 Å². The molecule has 27 heavy (non-hydrogen) atoms. The Morgan fingerprint density at radius 3 is 2.63 bits per heavy atom. The maximum absolute atomic E-state index is 12.6. The predicted octanol–water partition coefficient (Wildman–Crippen LogP) is 5.27. The van der Waals surface area contributed by atoms with E-state index in [1.807, 2.05) is 18.2 Å². The Hall–Kier alpha value is -1.59. The molecule has 1 aromatic rings. The summed E-state index contributed by atoms with van der Waals surface area (Å²) in [5.74, 6) is 0. The molecule has 1 amide bonds. The van der Waals surface area contributed by atoms with Crippen molar-refractivity contribution in [2.75, 3.05) is 13.9 Å². The van der Waals surface area contributed by atoms with Gasteiger partial charge in [-0.2, -0.15) is 0 Å². The second-order valence-electron chi connectivity index (χ2n) is 7.42. The Bertz CT molecular complexity index is 557. The van der Waals surface area contributed by atoms with Crippen LogP contribution in [-0.4, -0.2) is 32.1 Å². The van der Waals surface area contributed by atoms with E-state index in [4.69, 9.17) is 14.2 Å². The molecular formula is C22H35NO4. The molecule has 1 saturated carbocycles. The lowest BCUT2D eigenvalue weighted by Crippen LogP contribution is -2.40. The molecule has 152 valence electrons. The number of rotatable bonds is 10. The van der Waals surface area contributed by atoms with Gasteiger partial charge in [-0.25, -0.2) is 4.79 Å². The minimum Gasteiger partial charge on any atom is -0.443 e. The normalized spacial score (nSPS) is 17.3. The molecule has 1 aliphatic rings. The number of amides is 1. The molecule has 0 saturated heterocycles. The molecule has 0 heterocycles. The van der Waals surface area contributed by atoms with E-state index in [0.717, 1.165) is 43.2 Å². The number of hydrogen-bond donors (Lipinski definition) is 1. The summed E-state index contributed by atoms with van der Waals surface area (Å²) in [5.41, 5.74) is 2.16. The zero-order valence-electron chi connectivity index (χ0n) is 17.0. The van der Waals surface area contributed by atoms with Crippen LogP contribution in [-0.2, 0) is 14.2 Å². The molecule has 2 unspecified atom stereocenters. The number of aryl methyl sites for hydroxylation is 1. The van der Waals surface area contributed by atoms with Crippen LogP contribution in [0.15, 0.2) is 24.3 Å². The number of alkyl carbamates (subject to hydrolysis) is 1. The third-order valence-corrected chi connectivity index (χ3v) is 5.23. The van der Waals surface area contributed by atoms with Crippen molar-refractivity contribution in [1.82, 2.24) is 5.32 Å². The quantitative estimate of drug-likeness (QED) is 0.564. The van der Waals surface area contributed by atoms with Crippen LogP contribution in [0.1, 0.15) is 75.5 Å². The maximum atomic E-state index is 12.6. The van der Waals surface area contributed by atoms with E-state index >= 15 is 0 Å². The topological polar surface area (TPSA) is 56.8 Å². The van der Waals surface area contributed by atoms with E-state index in [-0.39, 0.29) is 31.1 Å². The number of carbonyl (C=O) groups excluding carboxylic acids is 1. The van der Waals surface area contributed by atoms with Gasteiger partial charge in [-0.3, -0.25) is 0 Å². The molecule has 0 spiro atoms. The van der Waals surface area contributed by atoms with E-state index in [2.05, 4.69) is 25.2 Å². The van der Waals surface area contributed by atoms with Gasteiger partial charge in [0.1, 0.15) is 19.0 Å². The molecular weight excluding hydrogens is 342 g/mol. The van der Waals surface area contributed by atoms with Gasteiger partial charge in [0.15, 0.2) is 0 Å². The molecule has 5 nitrogen and oxygen atoms in total. The average molecular weight is 378 g/mol. The number of hydrogen-bond acceptors (Lipinski definition) is 4. The molecule has 5 heteroatoms. The van der Waals surface area contributed by atoms with Gasteiger partial charge in [0.25, 0.3) is 0 Å². The van der Waals surface area contributed by atoms with Gasteiger partial charge < -0.3 is 19.5 Å². The van der Waals surface area contributed by atoms with Gasteiger partial charge in [0.05, 0.1) is 0 Å². The van der Waals surface area contributed by atoms with Gasteiger partial charge in [-0.15, -0.1) is 0 Å². The van der Waals surface area contributed by atoms with Crippen LogP contribution in [0.4, 0.5) is 4.79 Å². The summed E-state index contributed by atoms with van der Waals surface area (Å²) < 4.78 is 17.0. The van der Waals surface area contributed by atoms with E-state index in [1.54, 1.807) is 7.11 Å². The third kappa shape index (κ3) is 7.15. The van der Waals surface area contributed by atoms with E-state index in [0.29, 0.717) is 0 Å². The monoisotopic (exact) mass is 377 g/mol. The highest BCUT2D eigenvalue weighted by Crippen LogP contribution is 2.30. The van der Waals surface area contributed by atoms with Crippen LogP contribution < -0.4 is 5.32 Å². The summed E-state index contributed by atoms with van der Waals surface area (Å²) in [6, 6.07) is 8.32. The van der Waals surface area contributed by atoms with Crippen molar-refractivity contribution in [3.63, 3.8) is 0 Å². The van der Waals surface area contributed by atoms with Gasteiger partial charge in [0.2, 0.25) is 0 Å². The standard InChI is InChI=1S/C22H35NO4/c1-4-5-15-20(27-22(24)23-18-12-7-6-8-13-18)21(26-16-25-3)19-14-10-9-11-17(19)2/h9-11,14,18,20-21H,4-8,12-13,15-16H2,1-3H3,(H,23,24). The molecule has 2 rings (SSSR count). The SMILES string of the molecule is CCCCC(OC(=O)NC1CCCCC1)C(OCOC)c1ccccc1C. The second kappa shape index (κ2) is 12.0. The van der Waals surface area contributed by atoms with Crippen molar-refractivity contribution in [3.05, 3.63) is 35.4 Å². The number of unbranched alkanes of at least 4 members (excludes halogenated alkanes) is 1. The van der Waals surface area contributed by atoms with Crippen molar-refractivity contribution in [2.45, 2.75) is 83.5 Å². The second-order valence-corrected chi connectivity index (χ2v) is 7.42. The number of nitrogens with one attached hydrogen (secondary N) is 1. The van der Waals surface area contributed by atoms with Crippen molar-refractivity contribution in [1.29, 1.82) is 0 Å². The Balaban J connectivity index is 2.11. The lowest BCUT2D eigenvalue weighted by Gasteiger charge is -2.30. The van der Waals surface area contributed by atoms with Crippen LogP contribution >= 0.6 is 0 Å². The fraction of sp³-hybridized carbons (Fsp3) is 0.682. The van der Waals surface area contributed by atoms with E-state index < -0.39 is 0 Å². The highest BCUT2D eigenvalue weighted by atomic mass is 16.7. The highest BCUT2D eigenvalue weighted by Gasteiger charge is 2.29. The average Bonchev–Trinajstić information content (AvgIpc) is 2.68. The fourth-order valence-corrected chi connectivity index (χ4v) is 3.71. The van der Waals surface area contributed by atoms with Crippen LogP contribution in [0.2, 0.25) is 0 Å². The zero-order valence-corrected chi connectivity index (χ0v) is 17.0. The molecule has 0 bridgehead atoms. The molecule has 0 aromatic heterocycles. The number of benzene rings is 1. The number of methoxy groups -OCH3 is 1. The maximum Gasteiger partial charge on any atom is 0.407 e. The largest absolute Gasteiger partial charge is 0.443 e. The minimum absolute atomic E-state index is 0.162. The van der Waals surface area contributed by atoms with Crippen LogP contribution in [0, 0.1) is 6.92 Å². The van der Waals surface area contributed by atoms with Gasteiger partial charge >= 0.3 is 6.09 Å². The summed E-state index contributed by atoms with van der Waals surface area (Å²) >= 11 is 0. The molecule has 0 radical (unpaired) electrons. The smallest absolute Gasteiger partial charge is 0.407 e. The van der Waals surface area contributed by atoms with Crippen molar-refractivity contribution < 1.29 is 19.0 Å². The van der Waals surface area contributed by atoms with E-state index in [9.17, 15) is 4.79 Å². The summed E-state index contributed by atoms with van der Waals surface area (Å²) in [4.78, 5) is 12.6. The van der Waals surface area contributed by atoms with Gasteiger partial charge in [0, 0.05) is 13.2 Å². The number of carbonyl (C=O) groups is 1. The van der Waals surface area contributed by atoms with Gasteiger partial charge in [-0.05, 0) is 43.7 Å². The third-order valence-electron chi connectivity index (χ3n) is 5.23. The summed E-state index contributed by atoms with van der Waals surface area (Å²) in [5, 5.41) is 3.05. The van der Waals surface area contributed by atoms with Crippen LogP contribution in [0.5, 0.6) is 0 Å². The van der Waals surface area contributed by atoms with Crippen molar-refractivity contribution in [3.8, 4) is 0 Å². The lowest BCUT2D eigenvalue weighted by atomic mass is 9.95. The first-order valence-electron chi connectivity index (χ1n) is 10.3. The highest BCUT2D eigenvalue weighted by molar-refractivity contribution is 5.67. The molecule has 1 aromatic carbocycles. The summed E-state index contributed by atoms with van der Waals surface area (Å²) in [7, 11) is 1.60. The van der Waals surface area contributed by atoms with Crippen molar-refractivity contribution in [2.24, 2.45) is 0 Å². The predicted molar refractivity (Wildman–Crippen MR) is 107 cm³/mol. The summed E-state index contributed by atoms with van der Waals surface area (Å²) in [6.45, 7) is 4.35. The fourth-order valence-electron chi connectivity index (χ4n) is 3.71. The lowest BCUT2D eigenvalue weighted by molar-refractivity contribution is -0.118. The van der Waals surface area contributed by atoms with Crippen LogP contribution in [0.3, 0.4) is 0 Å². The van der Waals surface area contributed by atoms with Crippen LogP contribution in [0.25, 0.3) is 0 Å². The Morgan fingerprint density at radius 1 is 1.22 bits per heavy atom. The van der Waals surface area contributed by atoms with Gasteiger partial charge in [-0.1, -0.05) is 56.9 Å². The molecule has 1 N–H and O–H groups in total. The first-order chi connectivity index (χ1) is 13.2.